The number of rotatable bonds is 1. The normalized spacial score (nSPS) is 12.2. The minimum absolute atomic E-state index is 0.0743. The van der Waals surface area contributed by atoms with E-state index in [1.807, 2.05) is 30.3 Å². The van der Waals surface area contributed by atoms with Gasteiger partial charge in [0.25, 0.3) is 5.69 Å². The van der Waals surface area contributed by atoms with Gasteiger partial charge in [-0.3, -0.25) is 15.1 Å². The third-order valence-corrected chi connectivity index (χ3v) is 3.03. The molecule has 1 heterocycles. The van der Waals surface area contributed by atoms with Crippen molar-refractivity contribution in [1.29, 1.82) is 0 Å². The summed E-state index contributed by atoms with van der Waals surface area (Å²) in [5.41, 5.74) is 3.22. The van der Waals surface area contributed by atoms with Crippen molar-refractivity contribution < 1.29 is 4.92 Å². The Balaban J connectivity index is 2.21. The predicted molar refractivity (Wildman–Crippen MR) is 75.7 cm³/mol. The fraction of sp³-hybridized carbons (Fsp3) is 0. The highest BCUT2D eigenvalue weighted by Gasteiger charge is 2.15. The number of fused-ring (bicyclic) bond motifs is 2. The Hall–Kier alpha value is -2.75. The summed E-state index contributed by atoms with van der Waals surface area (Å²) in [6, 6.07) is 12.7. The van der Waals surface area contributed by atoms with E-state index in [4.69, 9.17) is 0 Å². The molecule has 0 saturated heterocycles. The van der Waals surface area contributed by atoms with Crippen molar-refractivity contribution in [1.82, 2.24) is 0 Å². The van der Waals surface area contributed by atoms with Crippen LogP contribution in [0.1, 0.15) is 16.7 Å². The highest BCUT2D eigenvalue weighted by molar-refractivity contribution is 5.93. The zero-order valence-corrected chi connectivity index (χ0v) is 9.98. The molecule has 0 amide bonds. The minimum atomic E-state index is -0.383. The van der Waals surface area contributed by atoms with Gasteiger partial charge >= 0.3 is 0 Å². The fourth-order valence-electron chi connectivity index (χ4n) is 2.08. The van der Waals surface area contributed by atoms with Gasteiger partial charge in [0.05, 0.1) is 16.2 Å². The van der Waals surface area contributed by atoms with Crippen molar-refractivity contribution in [3.63, 3.8) is 0 Å². The molecule has 1 aliphatic heterocycles. The summed E-state index contributed by atoms with van der Waals surface area (Å²) in [5.74, 6) is 0. The summed E-state index contributed by atoms with van der Waals surface area (Å²) in [6.45, 7) is 0. The number of nitro groups is 1. The van der Waals surface area contributed by atoms with Crippen molar-refractivity contribution in [3.05, 3.63) is 69.3 Å². The molecule has 4 nitrogen and oxygen atoms in total. The van der Waals surface area contributed by atoms with E-state index in [0.29, 0.717) is 11.3 Å². The number of hydrogen-bond donors (Lipinski definition) is 0. The highest BCUT2D eigenvalue weighted by Crippen LogP contribution is 2.31. The van der Waals surface area contributed by atoms with Gasteiger partial charge in [-0.25, -0.2) is 0 Å². The van der Waals surface area contributed by atoms with Gasteiger partial charge in [0.15, 0.2) is 0 Å². The van der Waals surface area contributed by atoms with E-state index in [0.717, 1.165) is 11.1 Å². The Morgan fingerprint density at radius 2 is 1.74 bits per heavy atom. The smallest absolute Gasteiger partial charge is 0.258 e. The van der Waals surface area contributed by atoms with Crippen molar-refractivity contribution >= 4 is 29.7 Å². The Kier molecular flexibility index (Phi) is 2.68. The van der Waals surface area contributed by atoms with Crippen LogP contribution < -0.4 is 0 Å². The maximum absolute atomic E-state index is 11.0. The van der Waals surface area contributed by atoms with E-state index in [9.17, 15) is 10.1 Å². The first kappa shape index (κ1) is 11.3. The van der Waals surface area contributed by atoms with Crippen LogP contribution in [-0.4, -0.2) is 11.1 Å². The van der Waals surface area contributed by atoms with Crippen LogP contribution in [0.4, 0.5) is 11.4 Å². The molecule has 0 aromatic heterocycles. The van der Waals surface area contributed by atoms with Crippen LogP contribution in [0.3, 0.4) is 0 Å². The van der Waals surface area contributed by atoms with E-state index >= 15 is 0 Å². The molecule has 0 fully saturated rings. The summed E-state index contributed by atoms with van der Waals surface area (Å²) in [5, 5.41) is 11.0. The number of aliphatic imine (C=N–C) groups is 1. The first-order valence-electron chi connectivity index (χ1n) is 5.84. The van der Waals surface area contributed by atoms with Crippen LogP contribution in [0.15, 0.2) is 47.5 Å². The van der Waals surface area contributed by atoms with Gasteiger partial charge in [-0.05, 0) is 23.3 Å². The Morgan fingerprint density at radius 1 is 0.947 bits per heavy atom. The number of nitrogens with zero attached hydrogens (tertiary/aromatic N) is 2. The van der Waals surface area contributed by atoms with Gasteiger partial charge in [-0.1, -0.05) is 36.4 Å². The van der Waals surface area contributed by atoms with Crippen LogP contribution in [0.2, 0.25) is 0 Å². The number of benzene rings is 2. The van der Waals surface area contributed by atoms with Crippen LogP contribution in [0, 0.1) is 10.1 Å². The molecule has 0 N–H and O–H groups in total. The Labute approximate surface area is 109 Å². The first-order valence-corrected chi connectivity index (χ1v) is 5.84. The molecule has 0 atom stereocenters. The summed E-state index contributed by atoms with van der Waals surface area (Å²) in [6.07, 6.45) is 5.37. The van der Waals surface area contributed by atoms with E-state index in [2.05, 4.69) is 4.99 Å². The molecule has 2 aromatic rings. The molecule has 1 aliphatic rings. The molecule has 4 heteroatoms. The lowest BCUT2D eigenvalue weighted by Crippen LogP contribution is -1.94. The Bertz CT molecular complexity index is 718. The Morgan fingerprint density at radius 3 is 2.53 bits per heavy atom. The molecule has 0 bridgehead atoms. The maximum atomic E-state index is 11.0. The van der Waals surface area contributed by atoms with Gasteiger partial charge in [-0.15, -0.1) is 0 Å². The zero-order chi connectivity index (χ0) is 13.2. The van der Waals surface area contributed by atoms with Crippen LogP contribution in [-0.2, 0) is 0 Å². The molecule has 0 radical (unpaired) electrons. The van der Waals surface area contributed by atoms with Gasteiger partial charge in [0, 0.05) is 12.3 Å². The molecule has 0 saturated carbocycles. The molecule has 0 unspecified atom stereocenters. The maximum Gasteiger partial charge on any atom is 0.278 e. The minimum Gasteiger partial charge on any atom is -0.258 e. The topological polar surface area (TPSA) is 55.5 Å². The SMILES string of the molecule is O=[N+]([O-])c1cccc2c1C=Cc1ccccc1C=N2. The van der Waals surface area contributed by atoms with Gasteiger partial charge < -0.3 is 0 Å². The lowest BCUT2D eigenvalue weighted by atomic mass is 10.0. The molecular formula is C15H10N2O2. The second-order valence-corrected chi connectivity index (χ2v) is 4.19. The lowest BCUT2D eigenvalue weighted by Gasteiger charge is -2.07. The van der Waals surface area contributed by atoms with Crippen molar-refractivity contribution in [2.45, 2.75) is 0 Å². The molecule has 3 rings (SSSR count). The average molecular weight is 250 g/mol. The van der Waals surface area contributed by atoms with E-state index in [1.54, 1.807) is 24.4 Å². The molecule has 0 aliphatic carbocycles. The predicted octanol–water partition coefficient (Wildman–Crippen LogP) is 3.83. The van der Waals surface area contributed by atoms with Crippen molar-refractivity contribution in [2.75, 3.05) is 0 Å². The summed E-state index contributed by atoms with van der Waals surface area (Å²) in [4.78, 5) is 15.0. The zero-order valence-electron chi connectivity index (χ0n) is 9.98. The summed E-state index contributed by atoms with van der Waals surface area (Å²) >= 11 is 0. The third-order valence-electron chi connectivity index (χ3n) is 3.03. The highest BCUT2D eigenvalue weighted by atomic mass is 16.6. The summed E-state index contributed by atoms with van der Waals surface area (Å²) in [7, 11) is 0. The molecule has 92 valence electrons. The quantitative estimate of drug-likeness (QED) is 0.486. The largest absolute Gasteiger partial charge is 0.278 e. The van der Waals surface area contributed by atoms with Gasteiger partial charge in [0.2, 0.25) is 0 Å². The number of nitro benzene ring substituents is 1. The second-order valence-electron chi connectivity index (χ2n) is 4.19. The van der Waals surface area contributed by atoms with Crippen LogP contribution in [0.5, 0.6) is 0 Å². The molecule has 2 aromatic carbocycles. The van der Waals surface area contributed by atoms with E-state index in [1.165, 1.54) is 6.07 Å². The van der Waals surface area contributed by atoms with E-state index in [-0.39, 0.29) is 10.6 Å². The van der Waals surface area contributed by atoms with Crippen molar-refractivity contribution in [3.8, 4) is 0 Å². The van der Waals surface area contributed by atoms with Gasteiger partial charge in [-0.2, -0.15) is 0 Å². The molecular weight excluding hydrogens is 240 g/mol. The first-order chi connectivity index (χ1) is 9.25. The van der Waals surface area contributed by atoms with E-state index < -0.39 is 0 Å². The van der Waals surface area contributed by atoms with Crippen LogP contribution in [0.25, 0.3) is 12.2 Å². The fourth-order valence-corrected chi connectivity index (χ4v) is 2.08. The van der Waals surface area contributed by atoms with Gasteiger partial charge in [0.1, 0.15) is 0 Å². The van der Waals surface area contributed by atoms with Crippen LogP contribution >= 0.6 is 0 Å². The molecule has 0 spiro atoms. The average Bonchev–Trinajstić information content (AvgIpc) is 2.40. The standard InChI is InChI=1S/C15H10N2O2/c18-17(19)15-7-3-6-14-13(15)9-8-11-4-1-2-5-12(11)10-16-14/h1-10H. The monoisotopic (exact) mass is 250 g/mol. The number of hydrogen-bond acceptors (Lipinski definition) is 3. The second kappa shape index (κ2) is 4.49. The molecule has 19 heavy (non-hydrogen) atoms. The van der Waals surface area contributed by atoms with Crippen molar-refractivity contribution in [2.24, 2.45) is 4.99 Å². The summed E-state index contributed by atoms with van der Waals surface area (Å²) < 4.78 is 0. The third kappa shape index (κ3) is 2.04. The lowest BCUT2D eigenvalue weighted by molar-refractivity contribution is -0.385.